The molecule has 1 fully saturated rings. The lowest BCUT2D eigenvalue weighted by molar-refractivity contribution is -0.120. The Hall–Kier alpha value is -2.02. The smallest absolute Gasteiger partial charge is 0.395 e. The summed E-state index contributed by atoms with van der Waals surface area (Å²) in [4.78, 5) is 25.7. The van der Waals surface area contributed by atoms with Crippen LogP contribution in [0.2, 0.25) is 0 Å². The highest BCUT2D eigenvalue weighted by Gasteiger charge is 2.40. The van der Waals surface area contributed by atoms with Gasteiger partial charge in [0.05, 0.1) is 31.3 Å². The fourth-order valence-electron chi connectivity index (χ4n) is 3.57. The third-order valence-electron chi connectivity index (χ3n) is 6.03. The number of carbonyl (C=O) groups is 2. The molecule has 4 atom stereocenters. The Kier molecular flexibility index (Phi) is 10.7. The number of ether oxygens (including phenoxy) is 1. The summed E-state index contributed by atoms with van der Waals surface area (Å²) >= 11 is 0.981. The molecule has 1 saturated heterocycles. The largest absolute Gasteiger partial charge is 0.405 e. The lowest BCUT2D eigenvalue weighted by Crippen LogP contribution is -2.42. The second-order valence-corrected chi connectivity index (χ2v) is 12.6. The first kappa shape index (κ1) is 30.5. The van der Waals surface area contributed by atoms with Crippen LogP contribution in [0.25, 0.3) is 0 Å². The van der Waals surface area contributed by atoms with Gasteiger partial charge in [-0.1, -0.05) is 48.7 Å². The Labute approximate surface area is 227 Å². The fraction of sp³-hybridized carbons (Fsp3) is 0.520. The van der Waals surface area contributed by atoms with Crippen molar-refractivity contribution in [2.45, 2.75) is 52.2 Å². The van der Waals surface area contributed by atoms with Gasteiger partial charge in [0.25, 0.3) is 5.91 Å². The second-order valence-electron chi connectivity index (χ2n) is 9.68. The molecule has 2 aliphatic rings. The van der Waals surface area contributed by atoms with E-state index in [2.05, 4.69) is 17.0 Å². The number of carbonyl (C=O) groups excluding carboxylic acids is 2. The number of amides is 1. The Morgan fingerprint density at radius 2 is 2.05 bits per heavy atom. The van der Waals surface area contributed by atoms with Crippen LogP contribution < -0.4 is 10.4 Å². The first-order valence-corrected chi connectivity index (χ1v) is 14.7. The quantitative estimate of drug-likeness (QED) is 0.205. The van der Waals surface area contributed by atoms with Gasteiger partial charge in [0.1, 0.15) is 18.2 Å². The van der Waals surface area contributed by atoms with Crippen molar-refractivity contribution in [3.05, 3.63) is 60.1 Å². The number of nitrogens with zero attached hydrogens (tertiary/aromatic N) is 1. The van der Waals surface area contributed by atoms with Crippen LogP contribution in [0.15, 0.2) is 54.5 Å². The van der Waals surface area contributed by atoms with Gasteiger partial charge < -0.3 is 25.2 Å². The fourth-order valence-corrected chi connectivity index (χ4v) is 5.81. The predicted octanol–water partition coefficient (Wildman–Crippen LogP) is 2.48. The average Bonchev–Trinajstić information content (AvgIpc) is 3.27. The van der Waals surface area contributed by atoms with Gasteiger partial charge in [0.15, 0.2) is 5.12 Å². The highest BCUT2D eigenvalue weighted by atomic mass is 32.2. The zero-order valence-corrected chi connectivity index (χ0v) is 23.5. The van der Waals surface area contributed by atoms with Crippen molar-refractivity contribution in [1.82, 2.24) is 15.3 Å². The Morgan fingerprint density at radius 1 is 1.34 bits per heavy atom. The molecule has 13 heteroatoms. The number of benzene rings is 1. The van der Waals surface area contributed by atoms with Crippen molar-refractivity contribution in [2.24, 2.45) is 5.41 Å². The minimum atomic E-state index is -3.87. The van der Waals surface area contributed by atoms with Gasteiger partial charge in [-0.15, -0.1) is 0 Å². The molecule has 0 aromatic heterocycles. The van der Waals surface area contributed by atoms with E-state index in [1.807, 2.05) is 30.3 Å². The third-order valence-corrected chi connectivity index (χ3v) is 8.77. The molecule has 4 N–H and O–H groups in total. The lowest BCUT2D eigenvalue weighted by Gasteiger charge is -2.32. The number of nitrogens with one attached hydrogen (secondary N) is 2. The van der Waals surface area contributed by atoms with Gasteiger partial charge >= 0.3 is 7.75 Å². The SMILES string of the molecule is C=C1NC(=O)C(C)=CN1[C@H]1CC(O)[C@@H](COP(=O)(NCc2ccccc2)OCCSC(=O)C(C)(C)CO)O1. The summed E-state index contributed by atoms with van der Waals surface area (Å²) in [6, 6.07) is 9.29. The Morgan fingerprint density at radius 3 is 2.74 bits per heavy atom. The molecular weight excluding hydrogens is 533 g/mol. The van der Waals surface area contributed by atoms with Crippen LogP contribution >= 0.6 is 19.5 Å². The summed E-state index contributed by atoms with van der Waals surface area (Å²) in [6.07, 6.45) is -0.508. The molecule has 1 amide bonds. The number of hydrogen-bond acceptors (Lipinski definition) is 10. The van der Waals surface area contributed by atoms with Crippen LogP contribution in [0, 0.1) is 5.41 Å². The van der Waals surface area contributed by atoms with Crippen molar-refractivity contribution in [3.63, 3.8) is 0 Å². The standard InChI is InChI=1S/C25H36N3O8PS/c1-17-14-28(18(2)27-23(17)31)22-12-20(30)21(36-22)15-35-37(33,26-13-19-8-6-5-7-9-19)34-10-11-38-24(32)25(3,4)16-29/h5-9,14,20-22,29-30H,2,10-13,15-16H2,1,3-4H3,(H,26,33)(H,27,31)/t20?,21-,22-,37?/m1/s1. The molecule has 210 valence electrons. The van der Waals surface area contributed by atoms with E-state index in [-0.39, 0.29) is 49.6 Å². The topological polar surface area (TPSA) is 147 Å². The van der Waals surface area contributed by atoms with Crippen molar-refractivity contribution >= 4 is 30.5 Å². The molecule has 0 aliphatic carbocycles. The highest BCUT2D eigenvalue weighted by molar-refractivity contribution is 8.13. The average molecular weight is 570 g/mol. The maximum absolute atomic E-state index is 13.6. The van der Waals surface area contributed by atoms with Gasteiger partial charge in [-0.2, -0.15) is 0 Å². The number of hydrogen-bond donors (Lipinski definition) is 4. The minimum Gasteiger partial charge on any atom is -0.395 e. The molecule has 1 aromatic carbocycles. The van der Waals surface area contributed by atoms with E-state index < -0.39 is 31.6 Å². The van der Waals surface area contributed by atoms with E-state index in [4.69, 9.17) is 13.8 Å². The molecule has 2 aliphatic heterocycles. The summed E-state index contributed by atoms with van der Waals surface area (Å²) in [5, 5.41) is 25.2. The molecule has 3 rings (SSSR count). The van der Waals surface area contributed by atoms with Gasteiger partial charge in [-0.25, -0.2) is 9.65 Å². The molecule has 2 heterocycles. The second kappa shape index (κ2) is 13.4. The predicted molar refractivity (Wildman–Crippen MR) is 143 cm³/mol. The first-order valence-electron chi connectivity index (χ1n) is 12.2. The lowest BCUT2D eigenvalue weighted by atomic mass is 9.97. The van der Waals surface area contributed by atoms with Crippen LogP contribution in [-0.2, 0) is 34.5 Å². The summed E-state index contributed by atoms with van der Waals surface area (Å²) in [6.45, 7) is 8.42. The van der Waals surface area contributed by atoms with Crippen LogP contribution in [0.5, 0.6) is 0 Å². The summed E-state index contributed by atoms with van der Waals surface area (Å²) in [5.74, 6) is 0.281. The normalized spacial score (nSPS) is 23.7. The molecule has 11 nitrogen and oxygen atoms in total. The van der Waals surface area contributed by atoms with E-state index in [9.17, 15) is 24.4 Å². The van der Waals surface area contributed by atoms with E-state index in [0.717, 1.165) is 17.3 Å². The maximum Gasteiger partial charge on any atom is 0.405 e. The van der Waals surface area contributed by atoms with Gasteiger partial charge in [-0.05, 0) is 26.3 Å². The molecular formula is C25H36N3O8PS. The van der Waals surface area contributed by atoms with Crippen molar-refractivity contribution in [1.29, 1.82) is 0 Å². The maximum atomic E-state index is 13.6. The van der Waals surface area contributed by atoms with E-state index in [1.54, 1.807) is 31.9 Å². The van der Waals surface area contributed by atoms with Crippen molar-refractivity contribution in [2.75, 3.05) is 25.6 Å². The van der Waals surface area contributed by atoms with E-state index in [1.165, 1.54) is 0 Å². The van der Waals surface area contributed by atoms with Gasteiger partial charge in [0.2, 0.25) is 0 Å². The minimum absolute atomic E-state index is 0.0505. The van der Waals surface area contributed by atoms with Crippen LogP contribution in [0.4, 0.5) is 0 Å². The molecule has 2 unspecified atom stereocenters. The molecule has 38 heavy (non-hydrogen) atoms. The highest BCUT2D eigenvalue weighted by Crippen LogP contribution is 2.45. The zero-order chi connectivity index (χ0) is 27.9. The molecule has 0 radical (unpaired) electrons. The molecule has 1 aromatic rings. The number of rotatable bonds is 13. The number of aliphatic hydroxyl groups excluding tert-OH is 2. The van der Waals surface area contributed by atoms with Gasteiger partial charge in [0, 0.05) is 30.5 Å². The molecule has 0 spiro atoms. The van der Waals surface area contributed by atoms with Crippen LogP contribution in [0.1, 0.15) is 32.8 Å². The van der Waals surface area contributed by atoms with Crippen molar-refractivity contribution < 1.29 is 38.2 Å². The number of thioether (sulfide) groups is 1. The number of aliphatic hydroxyl groups is 2. The van der Waals surface area contributed by atoms with Crippen LogP contribution in [-0.4, -0.2) is 70.1 Å². The Bertz CT molecular complexity index is 1080. The molecule has 0 saturated carbocycles. The van der Waals surface area contributed by atoms with Gasteiger partial charge in [-0.3, -0.25) is 18.6 Å². The summed E-state index contributed by atoms with van der Waals surface area (Å²) < 4.78 is 30.8. The Balaban J connectivity index is 1.60. The third kappa shape index (κ3) is 8.24. The van der Waals surface area contributed by atoms with E-state index in [0.29, 0.717) is 11.4 Å². The molecule has 0 bridgehead atoms. The van der Waals surface area contributed by atoms with Crippen molar-refractivity contribution in [3.8, 4) is 0 Å². The summed E-state index contributed by atoms with van der Waals surface area (Å²) in [7, 11) is -3.87. The zero-order valence-electron chi connectivity index (χ0n) is 21.8. The van der Waals surface area contributed by atoms with Crippen LogP contribution in [0.3, 0.4) is 0 Å². The monoisotopic (exact) mass is 569 g/mol. The first-order chi connectivity index (χ1) is 17.9. The van der Waals surface area contributed by atoms with E-state index >= 15 is 0 Å². The summed E-state index contributed by atoms with van der Waals surface area (Å²) in [5.41, 5.74) is 0.440.